The van der Waals surface area contributed by atoms with Crippen LogP contribution in [-0.2, 0) is 4.79 Å². The van der Waals surface area contributed by atoms with Gasteiger partial charge in [-0.3, -0.25) is 0 Å². The molecule has 0 aromatic heterocycles. The zero-order valence-corrected chi connectivity index (χ0v) is 8.33. The number of nitrogens with one attached hydrogen (secondary N) is 1. The maximum Gasteiger partial charge on any atom is 0.231 e. The van der Waals surface area contributed by atoms with Crippen molar-refractivity contribution >= 4 is 6.08 Å². The van der Waals surface area contributed by atoms with Gasteiger partial charge in [-0.25, -0.2) is 10.2 Å². The zero-order chi connectivity index (χ0) is 12.9. The van der Waals surface area contributed by atoms with Crippen molar-refractivity contribution in [2.75, 3.05) is 39.6 Å². The number of hydrogen-bond donors (Lipinski definition) is 7. The maximum absolute atomic E-state index is 8.35. The van der Waals surface area contributed by atoms with Gasteiger partial charge in [-0.1, -0.05) is 0 Å². The van der Waals surface area contributed by atoms with Crippen LogP contribution in [0, 0.1) is 5.41 Å². The fourth-order valence-electron chi connectivity index (χ4n) is 0. The summed E-state index contributed by atoms with van der Waals surface area (Å²) in [4.78, 5) is 8.35. The summed E-state index contributed by atoms with van der Waals surface area (Å²) < 4.78 is 0. The van der Waals surface area contributed by atoms with Crippen LogP contribution in [0.2, 0.25) is 0 Å². The van der Waals surface area contributed by atoms with Gasteiger partial charge in [0.15, 0.2) is 0 Å². The molecule has 7 N–H and O–H groups in total. The minimum atomic E-state index is -0.125. The number of carbonyl (C=O) groups excluding carboxylic acids is 1. The number of rotatable bonds is 3. The molecule has 0 radical (unpaired) electrons. The second-order valence-electron chi connectivity index (χ2n) is 1.44. The van der Waals surface area contributed by atoms with Crippen LogP contribution in [-0.4, -0.2) is 76.4 Å². The number of hydrogen-bond acceptors (Lipinski definition) is 8. The fraction of sp³-hybridized carbons (Fsp3) is 0.857. The Morgan fingerprint density at radius 2 is 0.733 bits per heavy atom. The van der Waals surface area contributed by atoms with E-state index in [0.717, 1.165) is 6.08 Å². The highest BCUT2D eigenvalue weighted by atomic mass is 16.3. The Balaban J connectivity index is -0.0000000542. The molecule has 0 saturated heterocycles. The average molecular weight is 229 g/mol. The second-order valence-corrected chi connectivity index (χ2v) is 1.44. The predicted molar refractivity (Wildman–Crippen MR) is 50.9 cm³/mol. The van der Waals surface area contributed by atoms with Crippen LogP contribution in [0.15, 0.2) is 0 Å². The van der Waals surface area contributed by atoms with E-state index in [4.69, 9.17) is 40.8 Å². The van der Waals surface area contributed by atoms with Crippen LogP contribution < -0.4 is 0 Å². The Labute approximate surface area is 87.6 Å². The Morgan fingerprint density at radius 1 is 0.667 bits per heavy atom. The van der Waals surface area contributed by atoms with E-state index >= 15 is 0 Å². The maximum atomic E-state index is 8.35. The van der Waals surface area contributed by atoms with Crippen molar-refractivity contribution in [2.45, 2.75) is 0 Å². The Bertz CT molecular complexity index is 79.8. The standard InChI is InChI=1S/3C2H6O2.CHNO/c3*3-1-2-4;2-1-3/h3*3-4H,1-2H2;2H. The molecule has 0 aliphatic carbocycles. The summed E-state index contributed by atoms with van der Waals surface area (Å²) in [6, 6.07) is 0. The molecule has 0 atom stereocenters. The summed E-state index contributed by atoms with van der Waals surface area (Å²) >= 11 is 0. The van der Waals surface area contributed by atoms with E-state index in [1.54, 1.807) is 0 Å². The fourth-order valence-corrected chi connectivity index (χ4v) is 0. The van der Waals surface area contributed by atoms with Crippen molar-refractivity contribution in [1.82, 2.24) is 0 Å². The van der Waals surface area contributed by atoms with Gasteiger partial charge in [-0.05, 0) is 0 Å². The molecule has 0 unspecified atom stereocenters. The number of aliphatic hydroxyl groups excluding tert-OH is 6. The molecule has 0 rings (SSSR count). The lowest BCUT2D eigenvalue weighted by Crippen LogP contribution is -1.85. The highest BCUT2D eigenvalue weighted by molar-refractivity contribution is 5.26. The predicted octanol–water partition coefficient (Wildman–Crippen LogP) is -3.19. The van der Waals surface area contributed by atoms with Gasteiger partial charge in [0.25, 0.3) is 0 Å². The molecule has 15 heavy (non-hydrogen) atoms. The topological polar surface area (TPSA) is 162 Å². The van der Waals surface area contributed by atoms with E-state index in [2.05, 4.69) is 0 Å². The van der Waals surface area contributed by atoms with E-state index in [0.29, 0.717) is 0 Å². The largest absolute Gasteiger partial charge is 0.394 e. The van der Waals surface area contributed by atoms with Gasteiger partial charge in [0.2, 0.25) is 6.08 Å². The van der Waals surface area contributed by atoms with Crippen molar-refractivity contribution in [2.24, 2.45) is 0 Å². The summed E-state index contributed by atoms with van der Waals surface area (Å²) in [5.41, 5.74) is 0. The van der Waals surface area contributed by atoms with Crippen molar-refractivity contribution in [3.63, 3.8) is 0 Å². The molecule has 0 aliphatic rings. The Morgan fingerprint density at radius 3 is 0.733 bits per heavy atom. The van der Waals surface area contributed by atoms with Gasteiger partial charge in [-0.15, -0.1) is 0 Å². The van der Waals surface area contributed by atoms with Crippen LogP contribution in [0.4, 0.5) is 0 Å². The van der Waals surface area contributed by atoms with Gasteiger partial charge < -0.3 is 30.6 Å². The molecule has 0 aliphatic heterocycles. The van der Waals surface area contributed by atoms with E-state index in [9.17, 15) is 0 Å². The SMILES string of the molecule is N=C=O.OCCO.OCCO.OCCO. The molecule has 0 amide bonds. The van der Waals surface area contributed by atoms with Gasteiger partial charge >= 0.3 is 0 Å². The van der Waals surface area contributed by atoms with Gasteiger partial charge in [0.1, 0.15) is 0 Å². The lowest BCUT2D eigenvalue weighted by molar-refractivity contribution is 0.186. The van der Waals surface area contributed by atoms with Crippen LogP contribution in [0.1, 0.15) is 0 Å². The third kappa shape index (κ3) is 356. The molecule has 8 nitrogen and oxygen atoms in total. The van der Waals surface area contributed by atoms with Crippen LogP contribution in [0.25, 0.3) is 0 Å². The van der Waals surface area contributed by atoms with Crippen molar-refractivity contribution < 1.29 is 35.4 Å². The molecule has 0 spiro atoms. The molecule has 94 valence electrons. The average Bonchev–Trinajstić information content (AvgIpc) is 2.30. The lowest BCUT2D eigenvalue weighted by atomic mass is 10.8. The summed E-state index contributed by atoms with van der Waals surface area (Å²) in [6.07, 6.45) is 0.750. The molecule has 0 fully saturated rings. The quantitative estimate of drug-likeness (QED) is 0.198. The molecular weight excluding hydrogens is 210 g/mol. The van der Waals surface area contributed by atoms with Crippen molar-refractivity contribution in [1.29, 1.82) is 5.41 Å². The lowest BCUT2D eigenvalue weighted by Gasteiger charge is -1.70. The molecule has 0 aromatic rings. The first-order chi connectivity index (χ1) is 7.16. The molecule has 0 saturated carbocycles. The zero-order valence-electron chi connectivity index (χ0n) is 8.33. The number of isocyanates is 1. The minimum absolute atomic E-state index is 0.125. The molecule has 0 aromatic carbocycles. The smallest absolute Gasteiger partial charge is 0.231 e. The Kier molecular flexibility index (Phi) is 81.3. The molecule has 0 bridgehead atoms. The van der Waals surface area contributed by atoms with Crippen LogP contribution >= 0.6 is 0 Å². The van der Waals surface area contributed by atoms with Gasteiger partial charge in [0.05, 0.1) is 39.6 Å². The van der Waals surface area contributed by atoms with E-state index in [-0.39, 0.29) is 39.6 Å². The third-order valence-electron chi connectivity index (χ3n) is 0.300. The normalized spacial score (nSPS) is 6.53. The van der Waals surface area contributed by atoms with Crippen molar-refractivity contribution in [3.8, 4) is 0 Å². The number of aliphatic hydroxyl groups is 6. The first-order valence-electron chi connectivity index (χ1n) is 3.85. The van der Waals surface area contributed by atoms with Crippen LogP contribution in [0.3, 0.4) is 0 Å². The third-order valence-corrected chi connectivity index (χ3v) is 0.300. The van der Waals surface area contributed by atoms with E-state index < -0.39 is 0 Å². The monoisotopic (exact) mass is 229 g/mol. The van der Waals surface area contributed by atoms with Crippen LogP contribution in [0.5, 0.6) is 0 Å². The summed E-state index contributed by atoms with van der Waals surface area (Å²) in [5.74, 6) is 0. The second kappa shape index (κ2) is 51.4. The minimum Gasteiger partial charge on any atom is -0.394 e. The molecule has 8 heteroatoms. The molecule has 0 heterocycles. The summed E-state index contributed by atoms with van der Waals surface area (Å²) in [6.45, 7) is -0.750. The Hall–Kier alpha value is -0.860. The first-order valence-corrected chi connectivity index (χ1v) is 3.85. The van der Waals surface area contributed by atoms with E-state index in [1.807, 2.05) is 0 Å². The van der Waals surface area contributed by atoms with E-state index in [1.165, 1.54) is 0 Å². The van der Waals surface area contributed by atoms with Gasteiger partial charge in [-0.2, -0.15) is 0 Å². The highest BCUT2D eigenvalue weighted by Crippen LogP contribution is 1.40. The summed E-state index contributed by atoms with van der Waals surface area (Å²) in [5, 5.41) is 51.2. The highest BCUT2D eigenvalue weighted by Gasteiger charge is 1.58. The first kappa shape index (κ1) is 23.7. The summed E-state index contributed by atoms with van der Waals surface area (Å²) in [7, 11) is 0. The van der Waals surface area contributed by atoms with Gasteiger partial charge in [0, 0.05) is 0 Å². The van der Waals surface area contributed by atoms with Crippen molar-refractivity contribution in [3.05, 3.63) is 0 Å². The molecular formula is C7H19NO7.